The largest absolute Gasteiger partial charge is 0.352 e. The summed E-state index contributed by atoms with van der Waals surface area (Å²) in [5, 5.41) is 3.78. The lowest BCUT2D eigenvalue weighted by Crippen LogP contribution is -2.54. The van der Waals surface area contributed by atoms with Gasteiger partial charge in [0.05, 0.1) is 10.6 Å². The molecule has 0 saturated carbocycles. The Hall–Kier alpha value is -3.85. The van der Waals surface area contributed by atoms with E-state index in [0.29, 0.717) is 27.7 Å². The maximum Gasteiger partial charge on any atom is 0.264 e. The lowest BCUT2D eigenvalue weighted by molar-refractivity contribution is -0.140. The van der Waals surface area contributed by atoms with Crippen molar-refractivity contribution in [3.8, 4) is 0 Å². The van der Waals surface area contributed by atoms with Crippen LogP contribution in [0.3, 0.4) is 0 Å². The quantitative estimate of drug-likeness (QED) is 0.166. The fraction of sp³-hybridized carbons (Fsp3) is 0.257. The van der Waals surface area contributed by atoms with Crippen LogP contribution in [-0.4, -0.2) is 43.8 Å². The van der Waals surface area contributed by atoms with E-state index >= 15 is 0 Å². The van der Waals surface area contributed by atoms with Crippen LogP contribution in [0.15, 0.2) is 108 Å². The molecule has 0 unspecified atom stereocenters. The Kier molecular flexibility index (Phi) is 11.7. The van der Waals surface area contributed by atoms with Crippen molar-refractivity contribution in [1.82, 2.24) is 10.2 Å². The van der Waals surface area contributed by atoms with Gasteiger partial charge in [-0.1, -0.05) is 96.9 Å². The molecular formula is C35H37Cl2N3O4S. The lowest BCUT2D eigenvalue weighted by atomic mass is 10.0. The predicted octanol–water partition coefficient (Wildman–Crippen LogP) is 7.05. The van der Waals surface area contributed by atoms with Crippen molar-refractivity contribution in [2.24, 2.45) is 0 Å². The van der Waals surface area contributed by atoms with Crippen LogP contribution < -0.4 is 9.62 Å². The summed E-state index contributed by atoms with van der Waals surface area (Å²) in [4.78, 5) is 29.9. The minimum Gasteiger partial charge on any atom is -0.352 e. The summed E-state index contributed by atoms with van der Waals surface area (Å²) >= 11 is 12.7. The average molecular weight is 667 g/mol. The number of halogens is 2. The van der Waals surface area contributed by atoms with Crippen molar-refractivity contribution in [3.63, 3.8) is 0 Å². The zero-order valence-corrected chi connectivity index (χ0v) is 27.8. The Bertz CT molecular complexity index is 1720. The van der Waals surface area contributed by atoms with Crippen LogP contribution in [0, 0.1) is 6.92 Å². The molecule has 4 aromatic carbocycles. The van der Waals surface area contributed by atoms with Gasteiger partial charge in [-0.15, -0.1) is 0 Å². The number of hydrogen-bond donors (Lipinski definition) is 1. The Morgan fingerprint density at radius 2 is 1.53 bits per heavy atom. The second kappa shape index (κ2) is 15.4. The molecule has 0 aliphatic heterocycles. The van der Waals surface area contributed by atoms with E-state index in [2.05, 4.69) is 5.32 Å². The third-order valence-corrected chi connectivity index (χ3v) is 9.90. The Morgan fingerprint density at radius 1 is 0.867 bits per heavy atom. The molecular weight excluding hydrogens is 629 g/mol. The lowest BCUT2D eigenvalue weighted by Gasteiger charge is -2.34. The monoisotopic (exact) mass is 665 g/mol. The molecule has 4 aromatic rings. The summed E-state index contributed by atoms with van der Waals surface area (Å²) in [5.41, 5.74) is 2.57. The number of anilines is 1. The van der Waals surface area contributed by atoms with E-state index in [1.54, 1.807) is 54.6 Å². The highest BCUT2D eigenvalue weighted by molar-refractivity contribution is 7.92. The highest BCUT2D eigenvalue weighted by atomic mass is 35.5. The highest BCUT2D eigenvalue weighted by Crippen LogP contribution is 2.27. The minimum atomic E-state index is -4.17. The number of benzene rings is 4. The first-order valence-electron chi connectivity index (χ1n) is 14.7. The minimum absolute atomic E-state index is 0.0435. The normalized spacial score (nSPS) is 12.6. The Morgan fingerprint density at radius 3 is 2.16 bits per heavy atom. The number of sulfonamides is 1. The van der Waals surface area contributed by atoms with Gasteiger partial charge in [0, 0.05) is 29.1 Å². The van der Waals surface area contributed by atoms with E-state index in [0.717, 1.165) is 15.4 Å². The molecule has 10 heteroatoms. The zero-order valence-electron chi connectivity index (χ0n) is 25.5. The van der Waals surface area contributed by atoms with Crippen LogP contribution >= 0.6 is 23.2 Å². The third kappa shape index (κ3) is 8.87. The summed E-state index contributed by atoms with van der Waals surface area (Å²) < 4.78 is 29.2. The highest BCUT2D eigenvalue weighted by Gasteiger charge is 2.35. The van der Waals surface area contributed by atoms with Gasteiger partial charge in [-0.2, -0.15) is 0 Å². The smallest absolute Gasteiger partial charge is 0.264 e. The molecule has 7 nitrogen and oxygen atoms in total. The van der Waals surface area contributed by atoms with Crippen molar-refractivity contribution >= 4 is 50.7 Å². The molecule has 1 N–H and O–H groups in total. The van der Waals surface area contributed by atoms with Crippen molar-refractivity contribution in [3.05, 3.63) is 130 Å². The van der Waals surface area contributed by atoms with Gasteiger partial charge in [0.2, 0.25) is 11.8 Å². The summed E-state index contributed by atoms with van der Waals surface area (Å²) in [6.45, 7) is 5.11. The first-order valence-corrected chi connectivity index (χ1v) is 16.9. The summed E-state index contributed by atoms with van der Waals surface area (Å²) in [5.74, 6) is -0.915. The second-order valence-electron chi connectivity index (χ2n) is 10.9. The number of aryl methyl sites for hydroxylation is 1. The van der Waals surface area contributed by atoms with Crippen LogP contribution in [0.5, 0.6) is 0 Å². The van der Waals surface area contributed by atoms with Crippen molar-refractivity contribution in [2.75, 3.05) is 10.8 Å². The molecule has 0 saturated heterocycles. The van der Waals surface area contributed by atoms with Gasteiger partial charge in [0.15, 0.2) is 0 Å². The molecule has 236 valence electrons. The van der Waals surface area contributed by atoms with Gasteiger partial charge in [-0.25, -0.2) is 8.42 Å². The molecule has 0 spiro atoms. The zero-order chi connectivity index (χ0) is 32.6. The fourth-order valence-corrected chi connectivity index (χ4v) is 6.76. The third-order valence-electron chi connectivity index (χ3n) is 7.53. The van der Waals surface area contributed by atoms with Crippen LogP contribution in [0.1, 0.15) is 37.0 Å². The summed E-state index contributed by atoms with van der Waals surface area (Å²) in [6, 6.07) is 28.1. The molecule has 0 aliphatic rings. The number of nitrogens with one attached hydrogen (secondary N) is 1. The maximum atomic E-state index is 14.5. The van der Waals surface area contributed by atoms with E-state index in [-0.39, 0.29) is 29.8 Å². The maximum absolute atomic E-state index is 14.5. The number of hydrogen-bond acceptors (Lipinski definition) is 4. The number of nitrogens with zero attached hydrogens (tertiary/aromatic N) is 2. The molecule has 0 aromatic heterocycles. The topological polar surface area (TPSA) is 86.8 Å². The van der Waals surface area contributed by atoms with E-state index in [9.17, 15) is 18.0 Å². The molecule has 2 amide bonds. The van der Waals surface area contributed by atoms with Gasteiger partial charge in [-0.3, -0.25) is 13.9 Å². The van der Waals surface area contributed by atoms with Crippen LogP contribution in [0.4, 0.5) is 5.69 Å². The number of carbonyl (C=O) groups excluding carboxylic acids is 2. The SMILES string of the molecule is CC[C@H](C)NC(=O)[C@@H](Cc1ccccc1)N(Cc1ccc(Cl)cc1Cl)C(=O)CN(c1cccc(C)c1)S(=O)(=O)c1ccccc1. The molecule has 0 aliphatic carbocycles. The Balaban J connectivity index is 1.82. The van der Waals surface area contributed by atoms with Crippen LogP contribution in [0.25, 0.3) is 0 Å². The first kappa shape index (κ1) is 34.0. The van der Waals surface area contributed by atoms with Gasteiger partial charge < -0.3 is 10.2 Å². The van der Waals surface area contributed by atoms with Crippen molar-refractivity contribution in [2.45, 2.75) is 57.1 Å². The van der Waals surface area contributed by atoms with Crippen LogP contribution in [-0.2, 0) is 32.6 Å². The molecule has 2 atom stereocenters. The van der Waals surface area contributed by atoms with Gasteiger partial charge in [0.1, 0.15) is 12.6 Å². The van der Waals surface area contributed by atoms with E-state index in [1.807, 2.05) is 57.2 Å². The van der Waals surface area contributed by atoms with E-state index in [1.165, 1.54) is 17.0 Å². The molecule has 45 heavy (non-hydrogen) atoms. The number of amides is 2. The van der Waals surface area contributed by atoms with Crippen LogP contribution in [0.2, 0.25) is 10.0 Å². The van der Waals surface area contributed by atoms with E-state index in [4.69, 9.17) is 23.2 Å². The van der Waals surface area contributed by atoms with Crippen molar-refractivity contribution < 1.29 is 18.0 Å². The summed E-state index contributed by atoms with van der Waals surface area (Å²) in [7, 11) is -4.17. The molecule has 4 rings (SSSR count). The standard InChI is InChI=1S/C35H37Cl2N3O4S/c1-4-26(3)38-35(42)33(21-27-13-7-5-8-14-27)39(23-28-18-19-29(36)22-32(28)37)34(41)24-40(30-15-11-12-25(2)20-30)45(43,44)31-16-9-6-10-17-31/h5-20,22,26,33H,4,21,23-24H2,1-3H3,(H,38,42)/t26-,33+/m0/s1. The predicted molar refractivity (Wildman–Crippen MR) is 181 cm³/mol. The molecule has 0 fully saturated rings. The van der Waals surface area contributed by atoms with Crippen molar-refractivity contribution in [1.29, 1.82) is 0 Å². The summed E-state index contributed by atoms with van der Waals surface area (Å²) in [6.07, 6.45) is 0.896. The number of rotatable bonds is 13. The second-order valence-corrected chi connectivity index (χ2v) is 13.7. The fourth-order valence-electron chi connectivity index (χ4n) is 4.86. The van der Waals surface area contributed by atoms with Gasteiger partial charge in [0.25, 0.3) is 10.0 Å². The average Bonchev–Trinajstić information content (AvgIpc) is 3.03. The van der Waals surface area contributed by atoms with E-state index < -0.39 is 28.5 Å². The van der Waals surface area contributed by atoms with Gasteiger partial charge >= 0.3 is 0 Å². The molecule has 0 bridgehead atoms. The molecule has 0 radical (unpaired) electrons. The molecule has 0 heterocycles. The number of carbonyl (C=O) groups is 2. The first-order chi connectivity index (χ1) is 21.5. The van der Waals surface area contributed by atoms with Gasteiger partial charge in [-0.05, 0) is 73.4 Å². The Labute approximate surface area is 275 Å².